The predicted molar refractivity (Wildman–Crippen MR) is 124 cm³/mol. The van der Waals surface area contributed by atoms with Gasteiger partial charge >= 0.3 is 5.97 Å². The van der Waals surface area contributed by atoms with E-state index in [0.29, 0.717) is 23.7 Å². The molecule has 182 valence electrons. The minimum Gasteiger partial charge on any atom is -0.463 e. The number of hydrogen-bond donors (Lipinski definition) is 1. The van der Waals surface area contributed by atoms with Gasteiger partial charge in [0.2, 0.25) is 11.4 Å². The summed E-state index contributed by atoms with van der Waals surface area (Å²) < 4.78 is 5.61. The fourth-order valence-corrected chi connectivity index (χ4v) is 9.28. The van der Waals surface area contributed by atoms with E-state index in [1.54, 1.807) is 0 Å². The number of hydrogen-bond acceptors (Lipinski definition) is 6. The molecule has 0 radical (unpaired) electrons. The maximum absolute atomic E-state index is 13.3. The zero-order valence-electron chi connectivity index (χ0n) is 20.5. The number of nitrogens with zero attached hydrogens (tertiary/aromatic N) is 1. The normalized spacial score (nSPS) is 48.2. The molecule has 0 spiro atoms. The summed E-state index contributed by atoms with van der Waals surface area (Å²) in [5.41, 5.74) is -0.234. The summed E-state index contributed by atoms with van der Waals surface area (Å²) in [6.07, 6.45) is 12.3. The SMILES string of the molecule is C/C=C/C1=NO[C@]2(C(=O)CO)[C@H]1CC1C3CC[C@H]4C[C@@H](OC(C)=O)CC[C@]4(C)C3CC[C@@]12C. The first-order valence-electron chi connectivity index (χ1n) is 12.9. The molecule has 6 heteroatoms. The largest absolute Gasteiger partial charge is 0.463 e. The van der Waals surface area contributed by atoms with Crippen LogP contribution < -0.4 is 0 Å². The minimum atomic E-state index is -1.03. The van der Waals surface area contributed by atoms with Gasteiger partial charge in [0, 0.05) is 12.3 Å². The topological polar surface area (TPSA) is 85.2 Å². The molecule has 0 amide bonds. The van der Waals surface area contributed by atoms with Gasteiger partial charge in [0.25, 0.3) is 0 Å². The third-order valence-electron chi connectivity index (χ3n) is 10.7. The standard InChI is InChI=1S/C27H39NO5/c1-5-6-23-22-14-21-19-8-7-17-13-18(32-16(2)30)9-11-25(17,3)20(19)10-12-26(21,4)27(22,33-28-23)24(31)15-29/h5-6,17-22,29H,7-15H2,1-4H3/b6-5+/t17-,18-,19?,20?,21?,22-,25-,26-,27-/m0/s1. The Morgan fingerprint density at radius 1 is 1.15 bits per heavy atom. The Hall–Kier alpha value is -1.69. The highest BCUT2D eigenvalue weighted by atomic mass is 16.7. The summed E-state index contributed by atoms with van der Waals surface area (Å²) in [5.74, 6) is 1.70. The van der Waals surface area contributed by atoms with Crippen molar-refractivity contribution in [2.24, 2.45) is 45.6 Å². The molecule has 33 heavy (non-hydrogen) atoms. The lowest BCUT2D eigenvalue weighted by atomic mass is 9.44. The van der Waals surface area contributed by atoms with Crippen LogP contribution in [0.3, 0.4) is 0 Å². The van der Waals surface area contributed by atoms with Crippen LogP contribution in [0.25, 0.3) is 0 Å². The van der Waals surface area contributed by atoms with Gasteiger partial charge in [-0.25, -0.2) is 0 Å². The van der Waals surface area contributed by atoms with Crippen molar-refractivity contribution >= 4 is 17.5 Å². The Kier molecular flexibility index (Phi) is 5.54. The summed E-state index contributed by atoms with van der Waals surface area (Å²) >= 11 is 0. The lowest BCUT2D eigenvalue weighted by Crippen LogP contribution is -2.60. The van der Waals surface area contributed by atoms with Gasteiger partial charge in [0.05, 0.1) is 11.6 Å². The van der Waals surface area contributed by atoms with Crippen LogP contribution in [0.4, 0.5) is 0 Å². The molecule has 4 aliphatic carbocycles. The second kappa shape index (κ2) is 7.93. The average molecular weight is 458 g/mol. The highest BCUT2D eigenvalue weighted by Gasteiger charge is 2.74. The van der Waals surface area contributed by atoms with E-state index < -0.39 is 12.2 Å². The van der Waals surface area contributed by atoms with E-state index in [4.69, 9.17) is 9.57 Å². The maximum atomic E-state index is 13.3. The van der Waals surface area contributed by atoms with Crippen molar-refractivity contribution in [1.82, 2.24) is 0 Å². The van der Waals surface area contributed by atoms with Crippen molar-refractivity contribution in [3.8, 4) is 0 Å². The number of fused-ring (bicyclic) bond motifs is 7. The van der Waals surface area contributed by atoms with Gasteiger partial charge in [-0.1, -0.05) is 25.1 Å². The number of aliphatic hydroxyl groups excluding tert-OH is 1. The molecule has 5 aliphatic rings. The molecule has 4 fully saturated rings. The zero-order chi connectivity index (χ0) is 23.6. The van der Waals surface area contributed by atoms with Crippen LogP contribution in [0.1, 0.15) is 79.1 Å². The lowest BCUT2D eigenvalue weighted by Gasteiger charge is -2.61. The van der Waals surface area contributed by atoms with Crippen molar-refractivity contribution in [2.75, 3.05) is 6.61 Å². The molecule has 1 aliphatic heterocycles. The second-order valence-corrected chi connectivity index (χ2v) is 11.8. The fourth-order valence-electron chi connectivity index (χ4n) is 9.28. The van der Waals surface area contributed by atoms with Crippen LogP contribution in [0.15, 0.2) is 17.3 Å². The van der Waals surface area contributed by atoms with Gasteiger partial charge in [-0.15, -0.1) is 0 Å². The highest BCUT2D eigenvalue weighted by Crippen LogP contribution is 2.71. The molecule has 6 nitrogen and oxygen atoms in total. The first-order valence-corrected chi connectivity index (χ1v) is 12.9. The van der Waals surface area contributed by atoms with E-state index >= 15 is 0 Å². The van der Waals surface area contributed by atoms with Crippen molar-refractivity contribution < 1.29 is 24.3 Å². The molecule has 9 atom stereocenters. The number of esters is 1. The Bertz CT molecular complexity index is 897. The Morgan fingerprint density at radius 2 is 1.94 bits per heavy atom. The van der Waals surface area contributed by atoms with Gasteiger partial charge in [-0.3, -0.25) is 9.59 Å². The van der Waals surface area contributed by atoms with Gasteiger partial charge in [-0.2, -0.15) is 0 Å². The Labute approximate surface area is 197 Å². The molecule has 1 heterocycles. The predicted octanol–water partition coefficient (Wildman–Crippen LogP) is 4.45. The Balaban J connectivity index is 1.45. The van der Waals surface area contributed by atoms with Crippen LogP contribution >= 0.6 is 0 Å². The summed E-state index contributed by atoms with van der Waals surface area (Å²) in [5, 5.41) is 14.3. The number of carbonyl (C=O) groups excluding carboxylic acids is 2. The lowest BCUT2D eigenvalue weighted by molar-refractivity contribution is -0.188. The van der Waals surface area contributed by atoms with Crippen LogP contribution in [-0.4, -0.2) is 40.9 Å². The van der Waals surface area contributed by atoms with Crippen molar-refractivity contribution in [3.63, 3.8) is 0 Å². The number of allylic oxidation sites excluding steroid dienone is 2. The molecule has 0 bridgehead atoms. The summed E-state index contributed by atoms with van der Waals surface area (Å²) in [6, 6.07) is 0. The summed E-state index contributed by atoms with van der Waals surface area (Å²) in [7, 11) is 0. The highest BCUT2D eigenvalue weighted by molar-refractivity contribution is 6.05. The second-order valence-electron chi connectivity index (χ2n) is 11.8. The fraction of sp³-hybridized carbons (Fsp3) is 0.815. The number of ether oxygens (including phenoxy) is 1. The maximum Gasteiger partial charge on any atom is 0.302 e. The summed E-state index contributed by atoms with van der Waals surface area (Å²) in [6.45, 7) is 7.70. The van der Waals surface area contributed by atoms with Crippen molar-refractivity contribution in [2.45, 2.75) is 90.8 Å². The van der Waals surface area contributed by atoms with Crippen LogP contribution in [0, 0.1) is 40.4 Å². The molecule has 0 aromatic carbocycles. The average Bonchev–Trinajstić information content (AvgIpc) is 3.27. The van der Waals surface area contributed by atoms with Gasteiger partial charge < -0.3 is 14.7 Å². The molecule has 4 saturated carbocycles. The molecule has 0 aromatic rings. The van der Waals surface area contributed by atoms with Gasteiger partial charge in [0.15, 0.2) is 0 Å². The van der Waals surface area contributed by atoms with Crippen LogP contribution in [0.5, 0.6) is 0 Å². The van der Waals surface area contributed by atoms with E-state index in [9.17, 15) is 14.7 Å². The smallest absolute Gasteiger partial charge is 0.302 e. The molecule has 0 aromatic heterocycles. The van der Waals surface area contributed by atoms with Crippen molar-refractivity contribution in [3.05, 3.63) is 12.2 Å². The van der Waals surface area contributed by atoms with E-state index in [1.165, 1.54) is 6.92 Å². The molecule has 1 N–H and O–H groups in total. The number of carbonyl (C=O) groups is 2. The minimum absolute atomic E-state index is 0.0651. The molecular formula is C27H39NO5. The van der Waals surface area contributed by atoms with Gasteiger partial charge in [0.1, 0.15) is 12.7 Å². The molecule has 5 rings (SSSR count). The monoisotopic (exact) mass is 457 g/mol. The number of oxime groups is 1. The van der Waals surface area contributed by atoms with E-state index in [0.717, 1.165) is 57.1 Å². The number of rotatable bonds is 4. The summed E-state index contributed by atoms with van der Waals surface area (Å²) in [4.78, 5) is 30.9. The van der Waals surface area contributed by atoms with Crippen LogP contribution in [-0.2, 0) is 19.2 Å². The van der Waals surface area contributed by atoms with E-state index in [-0.39, 0.29) is 34.6 Å². The molecule has 3 unspecified atom stereocenters. The van der Waals surface area contributed by atoms with Crippen molar-refractivity contribution in [1.29, 1.82) is 0 Å². The quantitative estimate of drug-likeness (QED) is 0.631. The van der Waals surface area contributed by atoms with E-state index in [1.807, 2.05) is 19.1 Å². The Morgan fingerprint density at radius 3 is 2.64 bits per heavy atom. The first-order chi connectivity index (χ1) is 15.7. The number of Topliss-reactive ketones (excluding diaryl/α,β-unsaturated/α-hetero) is 1. The third kappa shape index (κ3) is 3.05. The zero-order valence-corrected chi connectivity index (χ0v) is 20.5. The van der Waals surface area contributed by atoms with E-state index in [2.05, 4.69) is 19.0 Å². The third-order valence-corrected chi connectivity index (χ3v) is 10.7. The molecular weight excluding hydrogens is 418 g/mol. The van der Waals surface area contributed by atoms with Crippen LogP contribution in [0.2, 0.25) is 0 Å². The molecule has 0 saturated heterocycles. The number of aliphatic hydroxyl groups is 1. The van der Waals surface area contributed by atoms with Gasteiger partial charge in [-0.05, 0) is 93.5 Å². The first kappa shape index (κ1) is 23.1. The number of ketones is 1.